The first-order valence-electron chi connectivity index (χ1n) is 15.5. The van der Waals surface area contributed by atoms with Crippen LogP contribution in [-0.4, -0.2) is 42.1 Å². The Hall–Kier alpha value is -4.71. The van der Waals surface area contributed by atoms with Crippen LogP contribution in [0.5, 0.6) is 5.75 Å². The van der Waals surface area contributed by atoms with E-state index in [0.717, 1.165) is 36.4 Å². The van der Waals surface area contributed by atoms with E-state index < -0.39 is 12.0 Å². The fraction of sp³-hybridized carbons (Fsp3) is 0.289. The lowest BCUT2D eigenvalue weighted by atomic mass is 9.79. The Bertz CT molecular complexity index is 1710. The summed E-state index contributed by atoms with van der Waals surface area (Å²) in [6.07, 6.45) is 2.02. The number of methoxy groups -OCH3 is 1. The number of anilines is 1. The van der Waals surface area contributed by atoms with E-state index in [4.69, 9.17) is 4.74 Å². The summed E-state index contributed by atoms with van der Waals surface area (Å²) in [6.45, 7) is 2.21. The molecule has 6 nitrogen and oxygen atoms in total. The molecule has 0 saturated heterocycles. The molecule has 1 amide bonds. The van der Waals surface area contributed by atoms with Crippen molar-refractivity contribution >= 4 is 23.2 Å². The Morgan fingerprint density at radius 3 is 2.39 bits per heavy atom. The van der Waals surface area contributed by atoms with Crippen molar-refractivity contribution in [2.75, 3.05) is 18.6 Å². The van der Waals surface area contributed by atoms with E-state index in [1.54, 1.807) is 12.0 Å². The molecule has 222 valence electrons. The number of hydrogen-bond donors (Lipinski definition) is 0. The SMILES string of the molecule is COc1ccc(CC2C(=O)CCC(N3Cc4cc(C5CCN(Cc6ccccc6)c6ccccc65)ccc4C3=O)C2=O)cc1. The Morgan fingerprint density at radius 1 is 0.818 bits per heavy atom. The van der Waals surface area contributed by atoms with Gasteiger partial charge in [0.05, 0.1) is 19.1 Å². The molecule has 0 N–H and O–H groups in total. The molecule has 2 aliphatic heterocycles. The number of amides is 1. The second-order valence-corrected chi connectivity index (χ2v) is 12.2. The maximum absolute atomic E-state index is 13.7. The number of Topliss-reactive ketones (excluding diaryl/α,β-unsaturated/α-hetero) is 2. The van der Waals surface area contributed by atoms with Crippen molar-refractivity contribution in [2.45, 2.75) is 50.7 Å². The monoisotopic (exact) mass is 584 g/mol. The number of fused-ring (bicyclic) bond motifs is 2. The second kappa shape index (κ2) is 11.8. The van der Waals surface area contributed by atoms with E-state index in [2.05, 4.69) is 65.6 Å². The van der Waals surface area contributed by atoms with Crippen LogP contribution in [0.15, 0.2) is 97.1 Å². The zero-order valence-electron chi connectivity index (χ0n) is 24.9. The van der Waals surface area contributed by atoms with Crippen molar-refractivity contribution < 1.29 is 19.1 Å². The van der Waals surface area contributed by atoms with E-state index in [-0.39, 0.29) is 23.4 Å². The lowest BCUT2D eigenvalue weighted by molar-refractivity contribution is -0.139. The highest BCUT2D eigenvalue weighted by Gasteiger charge is 2.44. The number of hydrogen-bond acceptors (Lipinski definition) is 5. The summed E-state index contributed by atoms with van der Waals surface area (Å²) in [5, 5.41) is 0. The summed E-state index contributed by atoms with van der Waals surface area (Å²) in [4.78, 5) is 44.4. The number of carbonyl (C=O) groups excluding carboxylic acids is 3. The molecular formula is C38H36N2O4. The van der Waals surface area contributed by atoms with Crippen molar-refractivity contribution in [1.29, 1.82) is 0 Å². The first-order valence-corrected chi connectivity index (χ1v) is 15.5. The first kappa shape index (κ1) is 28.1. The third-order valence-electron chi connectivity index (χ3n) is 9.62. The van der Waals surface area contributed by atoms with Gasteiger partial charge >= 0.3 is 0 Å². The quantitative estimate of drug-likeness (QED) is 0.237. The van der Waals surface area contributed by atoms with Gasteiger partial charge in [0.15, 0.2) is 5.78 Å². The maximum Gasteiger partial charge on any atom is 0.255 e. The first-order chi connectivity index (χ1) is 21.5. The van der Waals surface area contributed by atoms with Crippen LogP contribution in [-0.2, 0) is 29.1 Å². The predicted octanol–water partition coefficient (Wildman–Crippen LogP) is 6.35. The molecule has 1 saturated carbocycles. The van der Waals surface area contributed by atoms with Gasteiger partial charge in [0.25, 0.3) is 5.91 Å². The number of benzene rings is 4. The largest absolute Gasteiger partial charge is 0.497 e. The minimum Gasteiger partial charge on any atom is -0.497 e. The lowest BCUT2D eigenvalue weighted by Crippen LogP contribution is -2.49. The third-order valence-corrected chi connectivity index (χ3v) is 9.62. The molecule has 3 aliphatic rings. The van der Waals surface area contributed by atoms with Crippen LogP contribution in [0.4, 0.5) is 5.69 Å². The molecule has 0 radical (unpaired) electrons. The van der Waals surface area contributed by atoms with Crippen LogP contribution in [0.3, 0.4) is 0 Å². The van der Waals surface area contributed by atoms with E-state index in [1.807, 2.05) is 36.4 Å². The molecule has 3 atom stereocenters. The molecule has 4 aromatic carbocycles. The topological polar surface area (TPSA) is 66.9 Å². The summed E-state index contributed by atoms with van der Waals surface area (Å²) in [5.74, 6) is -0.0549. The highest BCUT2D eigenvalue weighted by Crippen LogP contribution is 2.41. The van der Waals surface area contributed by atoms with Gasteiger partial charge in [0.2, 0.25) is 0 Å². The minimum absolute atomic E-state index is 0.0363. The van der Waals surface area contributed by atoms with Crippen LogP contribution < -0.4 is 9.64 Å². The Kier molecular flexibility index (Phi) is 7.51. The molecule has 6 heteroatoms. The van der Waals surface area contributed by atoms with Gasteiger partial charge < -0.3 is 14.5 Å². The fourth-order valence-corrected chi connectivity index (χ4v) is 7.28. The van der Waals surface area contributed by atoms with Gasteiger partial charge in [-0.05, 0) is 71.3 Å². The van der Waals surface area contributed by atoms with Gasteiger partial charge in [-0.25, -0.2) is 0 Å². The maximum atomic E-state index is 13.7. The summed E-state index contributed by atoms with van der Waals surface area (Å²) in [7, 11) is 1.61. The number of ether oxygens (including phenoxy) is 1. The number of para-hydroxylation sites is 1. The summed E-state index contributed by atoms with van der Waals surface area (Å²) in [5.41, 5.74) is 7.60. The van der Waals surface area contributed by atoms with Crippen molar-refractivity contribution in [1.82, 2.24) is 4.90 Å². The highest BCUT2D eigenvalue weighted by atomic mass is 16.5. The molecule has 3 unspecified atom stereocenters. The molecule has 1 fully saturated rings. The number of rotatable bonds is 7. The van der Waals surface area contributed by atoms with E-state index in [1.165, 1.54) is 22.4 Å². The van der Waals surface area contributed by atoms with Gasteiger partial charge in [-0.3, -0.25) is 14.4 Å². The molecule has 1 aliphatic carbocycles. The second-order valence-electron chi connectivity index (χ2n) is 12.2. The van der Waals surface area contributed by atoms with Crippen molar-refractivity contribution in [3.05, 3.63) is 130 Å². The molecule has 0 bridgehead atoms. The number of nitrogens with zero attached hydrogens (tertiary/aromatic N) is 2. The Labute approximate surface area is 258 Å². The van der Waals surface area contributed by atoms with Gasteiger partial charge in [-0.2, -0.15) is 0 Å². The lowest BCUT2D eigenvalue weighted by Gasteiger charge is -2.36. The number of carbonyl (C=O) groups is 3. The molecule has 2 heterocycles. The molecule has 7 rings (SSSR count). The molecule has 0 spiro atoms. The average Bonchev–Trinajstić information content (AvgIpc) is 3.39. The van der Waals surface area contributed by atoms with Crippen molar-refractivity contribution in [3.63, 3.8) is 0 Å². The van der Waals surface area contributed by atoms with Crippen LogP contribution in [0.25, 0.3) is 0 Å². The summed E-state index contributed by atoms with van der Waals surface area (Å²) >= 11 is 0. The summed E-state index contributed by atoms with van der Waals surface area (Å²) < 4.78 is 5.24. The normalized spacial score (nSPS) is 21.3. The van der Waals surface area contributed by atoms with E-state index >= 15 is 0 Å². The smallest absolute Gasteiger partial charge is 0.255 e. The standard InChI is InChI=1S/C38H36N2O4/c1-44-29-14-11-25(12-15-29)21-33-36(41)18-17-35(37(33)42)40-24-28-22-27(13-16-31(28)38(40)43)30-19-20-39(23-26-7-3-2-4-8-26)34-10-6-5-9-32(30)34/h2-16,22,30,33,35H,17-21,23-24H2,1H3. The Morgan fingerprint density at radius 2 is 1.59 bits per heavy atom. The van der Waals surface area contributed by atoms with Gasteiger partial charge in [-0.1, -0.05) is 72.8 Å². The van der Waals surface area contributed by atoms with Crippen molar-refractivity contribution in [2.24, 2.45) is 5.92 Å². The highest BCUT2D eigenvalue weighted by molar-refractivity contribution is 6.10. The van der Waals surface area contributed by atoms with Crippen LogP contribution >= 0.6 is 0 Å². The summed E-state index contributed by atoms with van der Waals surface area (Å²) in [6, 6.07) is 32.3. The van der Waals surface area contributed by atoms with Crippen molar-refractivity contribution in [3.8, 4) is 5.75 Å². The van der Waals surface area contributed by atoms with E-state index in [9.17, 15) is 14.4 Å². The van der Waals surface area contributed by atoms with Crippen LogP contribution in [0.1, 0.15) is 63.4 Å². The fourth-order valence-electron chi connectivity index (χ4n) is 7.28. The van der Waals surface area contributed by atoms with Crippen LogP contribution in [0, 0.1) is 5.92 Å². The third kappa shape index (κ3) is 5.19. The van der Waals surface area contributed by atoms with Gasteiger partial charge in [-0.15, -0.1) is 0 Å². The molecule has 44 heavy (non-hydrogen) atoms. The van der Waals surface area contributed by atoms with Gasteiger partial charge in [0.1, 0.15) is 11.5 Å². The van der Waals surface area contributed by atoms with Gasteiger partial charge in [0, 0.05) is 43.2 Å². The zero-order valence-corrected chi connectivity index (χ0v) is 24.9. The van der Waals surface area contributed by atoms with Crippen LogP contribution in [0.2, 0.25) is 0 Å². The predicted molar refractivity (Wildman–Crippen MR) is 170 cm³/mol. The van der Waals surface area contributed by atoms with E-state index in [0.29, 0.717) is 31.4 Å². The zero-order chi connectivity index (χ0) is 30.2. The molecule has 0 aromatic heterocycles. The average molecular weight is 585 g/mol. The Balaban J connectivity index is 1.10. The molecular weight excluding hydrogens is 548 g/mol. The molecule has 4 aromatic rings. The minimum atomic E-state index is -0.730. The number of ketones is 2.